The molecule has 0 spiro atoms. The minimum Gasteiger partial charge on any atom is -0.268 e. The maximum atomic E-state index is 13.3. The van der Waals surface area contributed by atoms with Gasteiger partial charge in [0.1, 0.15) is 5.82 Å². The molecule has 1 aliphatic rings. The minimum atomic E-state index is -0.338. The van der Waals surface area contributed by atoms with Crippen molar-refractivity contribution in [2.75, 3.05) is 4.90 Å². The highest BCUT2D eigenvalue weighted by Crippen LogP contribution is 2.37. The van der Waals surface area contributed by atoms with Gasteiger partial charge in [0.2, 0.25) is 0 Å². The van der Waals surface area contributed by atoms with E-state index in [9.17, 15) is 9.18 Å². The molecule has 3 rings (SSSR count). The SMILES string of the molecule is Cc1ccccc1N1C(=O)/C(=C/c2ccc(F)c(Br)c2)SC1=S. The fourth-order valence-electron chi connectivity index (χ4n) is 2.24. The Hall–Kier alpha value is -1.50. The molecule has 1 heterocycles. The standard InChI is InChI=1S/C17H11BrFNOS2/c1-10-4-2-3-5-14(10)20-16(21)15(23-17(20)22)9-11-6-7-13(19)12(18)8-11/h2-9H,1H3/b15-9-. The van der Waals surface area contributed by atoms with Gasteiger partial charge in [0.05, 0.1) is 15.1 Å². The third-order valence-corrected chi connectivity index (χ3v) is 5.30. The molecule has 0 aliphatic carbocycles. The maximum Gasteiger partial charge on any atom is 0.270 e. The van der Waals surface area contributed by atoms with Crippen molar-refractivity contribution in [2.45, 2.75) is 6.92 Å². The van der Waals surface area contributed by atoms with Gasteiger partial charge in [-0.3, -0.25) is 9.69 Å². The summed E-state index contributed by atoms with van der Waals surface area (Å²) in [6, 6.07) is 12.2. The van der Waals surface area contributed by atoms with Gasteiger partial charge in [-0.15, -0.1) is 0 Å². The first-order chi connectivity index (χ1) is 11.0. The highest BCUT2D eigenvalue weighted by atomic mass is 79.9. The van der Waals surface area contributed by atoms with E-state index < -0.39 is 0 Å². The molecule has 2 aromatic carbocycles. The number of carbonyl (C=O) groups excluding carboxylic acids is 1. The molecule has 0 bridgehead atoms. The Morgan fingerprint density at radius 3 is 2.70 bits per heavy atom. The van der Waals surface area contributed by atoms with E-state index in [1.165, 1.54) is 17.8 Å². The van der Waals surface area contributed by atoms with E-state index in [2.05, 4.69) is 15.9 Å². The lowest BCUT2D eigenvalue weighted by Gasteiger charge is -2.16. The second-order valence-electron chi connectivity index (χ2n) is 4.98. The first kappa shape index (κ1) is 16.4. The number of hydrogen-bond acceptors (Lipinski definition) is 3. The largest absolute Gasteiger partial charge is 0.270 e. The van der Waals surface area contributed by atoms with E-state index in [0.717, 1.165) is 16.8 Å². The molecule has 1 aliphatic heterocycles. The zero-order valence-electron chi connectivity index (χ0n) is 12.0. The Bertz CT molecular complexity index is 850. The van der Waals surface area contributed by atoms with Crippen LogP contribution >= 0.6 is 39.9 Å². The summed E-state index contributed by atoms with van der Waals surface area (Å²) in [7, 11) is 0. The zero-order chi connectivity index (χ0) is 16.6. The molecule has 0 N–H and O–H groups in total. The Kier molecular flexibility index (Phi) is 4.66. The normalized spacial score (nSPS) is 16.5. The number of benzene rings is 2. The van der Waals surface area contributed by atoms with Crippen LogP contribution < -0.4 is 4.90 Å². The van der Waals surface area contributed by atoms with Crippen molar-refractivity contribution >= 4 is 61.9 Å². The van der Waals surface area contributed by atoms with Gasteiger partial charge in [0.15, 0.2) is 4.32 Å². The smallest absolute Gasteiger partial charge is 0.268 e. The summed E-state index contributed by atoms with van der Waals surface area (Å²) >= 11 is 9.76. The summed E-state index contributed by atoms with van der Waals surface area (Å²) in [5.41, 5.74) is 2.51. The molecule has 0 saturated carbocycles. The van der Waals surface area contributed by atoms with Gasteiger partial charge in [0.25, 0.3) is 5.91 Å². The number of amides is 1. The van der Waals surface area contributed by atoms with Crippen LogP contribution in [0.1, 0.15) is 11.1 Å². The third kappa shape index (κ3) is 3.24. The molecule has 2 nitrogen and oxygen atoms in total. The van der Waals surface area contributed by atoms with Crippen molar-refractivity contribution in [2.24, 2.45) is 0 Å². The van der Waals surface area contributed by atoms with Crippen LogP contribution in [0.2, 0.25) is 0 Å². The predicted molar refractivity (Wildman–Crippen MR) is 101 cm³/mol. The Morgan fingerprint density at radius 1 is 1.26 bits per heavy atom. The molecule has 0 aromatic heterocycles. The van der Waals surface area contributed by atoms with Gasteiger partial charge in [-0.25, -0.2) is 4.39 Å². The van der Waals surface area contributed by atoms with Gasteiger partial charge in [-0.05, 0) is 58.3 Å². The molecule has 0 unspecified atom stereocenters. The Balaban J connectivity index is 1.96. The number of thioether (sulfide) groups is 1. The molecule has 1 fully saturated rings. The molecular formula is C17H11BrFNOS2. The zero-order valence-corrected chi connectivity index (χ0v) is 15.3. The molecule has 6 heteroatoms. The molecule has 1 saturated heterocycles. The first-order valence-corrected chi connectivity index (χ1v) is 8.78. The van der Waals surface area contributed by atoms with Crippen molar-refractivity contribution in [3.63, 3.8) is 0 Å². The highest BCUT2D eigenvalue weighted by Gasteiger charge is 2.33. The summed E-state index contributed by atoms with van der Waals surface area (Å²) < 4.78 is 14.2. The van der Waals surface area contributed by atoms with Crippen LogP contribution in [-0.2, 0) is 4.79 Å². The van der Waals surface area contributed by atoms with Gasteiger partial charge >= 0.3 is 0 Å². The van der Waals surface area contributed by atoms with E-state index in [4.69, 9.17) is 12.2 Å². The monoisotopic (exact) mass is 407 g/mol. The minimum absolute atomic E-state index is 0.158. The lowest BCUT2D eigenvalue weighted by molar-refractivity contribution is -0.113. The van der Waals surface area contributed by atoms with E-state index in [0.29, 0.717) is 13.7 Å². The maximum absolute atomic E-state index is 13.3. The van der Waals surface area contributed by atoms with Crippen LogP contribution in [-0.4, -0.2) is 10.2 Å². The van der Waals surface area contributed by atoms with Gasteiger partial charge in [0, 0.05) is 0 Å². The van der Waals surface area contributed by atoms with Gasteiger partial charge in [-0.1, -0.05) is 48.2 Å². The second kappa shape index (κ2) is 6.55. The molecule has 1 amide bonds. The molecule has 23 heavy (non-hydrogen) atoms. The van der Waals surface area contributed by atoms with Gasteiger partial charge < -0.3 is 0 Å². The number of halogens is 2. The van der Waals surface area contributed by atoms with Crippen molar-refractivity contribution < 1.29 is 9.18 Å². The first-order valence-electron chi connectivity index (χ1n) is 6.76. The number of hydrogen-bond donors (Lipinski definition) is 0. The van der Waals surface area contributed by atoms with E-state index in [1.54, 1.807) is 23.1 Å². The van der Waals surface area contributed by atoms with Crippen molar-refractivity contribution in [1.29, 1.82) is 0 Å². The topological polar surface area (TPSA) is 20.3 Å². The molecule has 0 radical (unpaired) electrons. The van der Waals surface area contributed by atoms with Crippen LogP contribution in [0.4, 0.5) is 10.1 Å². The number of nitrogens with zero attached hydrogens (tertiary/aromatic N) is 1. The lowest BCUT2D eigenvalue weighted by atomic mass is 10.1. The number of thiocarbonyl (C=S) groups is 1. The summed E-state index contributed by atoms with van der Waals surface area (Å²) in [6.45, 7) is 1.94. The third-order valence-electron chi connectivity index (χ3n) is 3.39. The highest BCUT2D eigenvalue weighted by molar-refractivity contribution is 9.10. The predicted octanol–water partition coefficient (Wildman–Crippen LogP) is 5.30. The van der Waals surface area contributed by atoms with Crippen LogP contribution in [0.25, 0.3) is 6.08 Å². The number of rotatable bonds is 2. The second-order valence-corrected chi connectivity index (χ2v) is 7.51. The van der Waals surface area contributed by atoms with Crippen molar-refractivity contribution in [3.05, 3.63) is 68.8 Å². The quantitative estimate of drug-likeness (QED) is 0.497. The number of carbonyl (C=O) groups is 1. The summed E-state index contributed by atoms with van der Waals surface area (Å²) in [5.74, 6) is -0.496. The van der Waals surface area contributed by atoms with E-state index >= 15 is 0 Å². The fourth-order valence-corrected chi connectivity index (χ4v) is 3.92. The average molecular weight is 408 g/mol. The van der Waals surface area contributed by atoms with Gasteiger partial charge in [-0.2, -0.15) is 0 Å². The van der Waals surface area contributed by atoms with Crippen LogP contribution in [0.5, 0.6) is 0 Å². The van der Waals surface area contributed by atoms with Crippen LogP contribution in [0.3, 0.4) is 0 Å². The van der Waals surface area contributed by atoms with E-state index in [-0.39, 0.29) is 11.7 Å². The average Bonchev–Trinajstić information content (AvgIpc) is 2.78. The van der Waals surface area contributed by atoms with Crippen LogP contribution in [0.15, 0.2) is 51.8 Å². The van der Waals surface area contributed by atoms with E-state index in [1.807, 2.05) is 31.2 Å². The summed E-state index contributed by atoms with van der Waals surface area (Å²) in [6.07, 6.45) is 1.72. The Labute approximate surface area is 151 Å². The number of para-hydroxylation sites is 1. The molecular weight excluding hydrogens is 397 g/mol. The number of anilines is 1. The Morgan fingerprint density at radius 2 is 2.00 bits per heavy atom. The molecule has 2 aromatic rings. The summed E-state index contributed by atoms with van der Waals surface area (Å²) in [4.78, 5) is 14.8. The molecule has 0 atom stereocenters. The number of aryl methyl sites for hydroxylation is 1. The fraction of sp³-hybridized carbons (Fsp3) is 0.0588. The van der Waals surface area contributed by atoms with Crippen molar-refractivity contribution in [3.8, 4) is 0 Å². The lowest BCUT2D eigenvalue weighted by Crippen LogP contribution is -2.28. The summed E-state index contributed by atoms with van der Waals surface area (Å²) in [5, 5.41) is 0. The molecule has 116 valence electrons. The van der Waals surface area contributed by atoms with Crippen LogP contribution in [0, 0.1) is 12.7 Å². The van der Waals surface area contributed by atoms with Crippen molar-refractivity contribution in [1.82, 2.24) is 0 Å².